The molecule has 1 nitrogen and oxygen atoms in total. The van der Waals surface area contributed by atoms with Crippen LogP contribution in [0.15, 0.2) is 170 Å². The fourth-order valence-corrected chi connectivity index (χ4v) is 7.55. The topological polar surface area (TPSA) is 9.23 Å². The summed E-state index contributed by atoms with van der Waals surface area (Å²) in [5.74, 6) is 0. The van der Waals surface area contributed by atoms with Crippen molar-refractivity contribution in [1.29, 1.82) is 0 Å². The predicted molar refractivity (Wildman–Crippen MR) is 207 cm³/mol. The van der Waals surface area contributed by atoms with Gasteiger partial charge in [0.25, 0.3) is 0 Å². The van der Waals surface area contributed by atoms with E-state index in [2.05, 4.69) is 60.7 Å². The van der Waals surface area contributed by atoms with Crippen LogP contribution >= 0.6 is 69.6 Å². The first-order chi connectivity index (χ1) is 23.5. The minimum Gasteiger partial charge on any atom is -0.340 e. The Labute approximate surface area is 318 Å². The molecular weight excluding hydrogens is 733 g/mol. The van der Waals surface area contributed by atoms with Crippen LogP contribution in [0.4, 0.5) is 0 Å². The van der Waals surface area contributed by atoms with Crippen molar-refractivity contribution in [1.82, 2.24) is 0 Å². The zero-order chi connectivity index (χ0) is 34.5. The molecule has 0 saturated carbocycles. The summed E-state index contributed by atoms with van der Waals surface area (Å²) in [5, 5.41) is 0. The lowest BCUT2D eigenvalue weighted by Gasteiger charge is -2.47. The first kappa shape index (κ1) is 35.8. The average molecular weight is 765 g/mol. The van der Waals surface area contributed by atoms with Crippen molar-refractivity contribution >= 4 is 69.6 Å². The van der Waals surface area contributed by atoms with Crippen molar-refractivity contribution in [2.45, 2.75) is 31.6 Å². The first-order valence-electron chi connectivity index (χ1n) is 15.8. The Hall–Kier alpha value is -2.98. The van der Waals surface area contributed by atoms with Crippen molar-refractivity contribution < 1.29 is 4.74 Å². The summed E-state index contributed by atoms with van der Waals surface area (Å²) in [5.41, 5.74) is 4.28. The minimum absolute atomic E-state index is 0.145. The number of alkyl halides is 6. The minimum atomic E-state index is -1.57. The summed E-state index contributed by atoms with van der Waals surface area (Å²) < 4.78 is 5.06. The van der Waals surface area contributed by atoms with E-state index in [4.69, 9.17) is 74.3 Å². The zero-order valence-corrected chi connectivity index (χ0v) is 30.8. The van der Waals surface area contributed by atoms with Gasteiger partial charge in [0.1, 0.15) is 11.2 Å². The van der Waals surface area contributed by atoms with Crippen LogP contribution in [0.1, 0.15) is 44.5 Å². The smallest absolute Gasteiger partial charge is 0.194 e. The Morgan fingerprint density at radius 2 is 0.571 bits per heavy atom. The van der Waals surface area contributed by atoms with Crippen LogP contribution < -0.4 is 0 Å². The largest absolute Gasteiger partial charge is 0.340 e. The standard InChI is InChI=1S/C42H32Cl6O/c43-39(44,45)29-31-17-13-15-27-37(31)41(33-19-5-1-6-20-33,34-21-7-2-8-22-34)49-42(35-23-9-3-10-24-35,36-25-11-4-12-26-36)38-28-16-14-18-32(38)30-40(46,47)48/h1-28H,29-30H2. The summed E-state index contributed by atoms with van der Waals surface area (Å²) in [6.07, 6.45) is 0.290. The lowest BCUT2D eigenvalue weighted by molar-refractivity contribution is -0.0818. The second-order valence-corrected chi connectivity index (χ2v) is 16.9. The summed E-state index contributed by atoms with van der Waals surface area (Å²) >= 11 is 39.2. The zero-order valence-electron chi connectivity index (χ0n) is 26.3. The molecule has 0 fully saturated rings. The highest BCUT2D eigenvalue weighted by molar-refractivity contribution is 6.68. The van der Waals surface area contributed by atoms with E-state index in [9.17, 15) is 0 Å². The Balaban J connectivity index is 1.81. The van der Waals surface area contributed by atoms with E-state index in [1.165, 1.54) is 0 Å². The molecule has 0 aliphatic rings. The number of rotatable bonds is 10. The van der Waals surface area contributed by atoms with Crippen LogP contribution in [0.3, 0.4) is 0 Å². The van der Waals surface area contributed by atoms with Crippen LogP contribution in [0.25, 0.3) is 0 Å². The molecule has 0 aliphatic heterocycles. The fourth-order valence-electron chi connectivity index (χ4n) is 6.69. The molecule has 0 spiro atoms. The lowest BCUT2D eigenvalue weighted by Crippen LogP contribution is -2.45. The Morgan fingerprint density at radius 3 is 0.837 bits per heavy atom. The highest BCUT2D eigenvalue weighted by Gasteiger charge is 2.50. The molecule has 7 heteroatoms. The third-order valence-corrected chi connectivity index (χ3v) is 9.40. The number of ether oxygens (including phenoxy) is 1. The second kappa shape index (κ2) is 15.1. The van der Waals surface area contributed by atoms with Gasteiger partial charge in [0.2, 0.25) is 0 Å². The maximum atomic E-state index is 8.19. The summed E-state index contributed by atoms with van der Waals surface area (Å²) in [6, 6.07) is 56.6. The van der Waals surface area contributed by atoms with Crippen LogP contribution in [0.2, 0.25) is 0 Å². The molecule has 6 aromatic carbocycles. The van der Waals surface area contributed by atoms with E-state index < -0.39 is 18.8 Å². The van der Waals surface area contributed by atoms with Gasteiger partial charge < -0.3 is 4.74 Å². The van der Waals surface area contributed by atoms with Gasteiger partial charge in [-0.05, 0) is 44.5 Å². The monoisotopic (exact) mass is 762 g/mol. The third-order valence-electron chi connectivity index (χ3n) is 8.60. The van der Waals surface area contributed by atoms with Crippen LogP contribution in [-0.2, 0) is 28.8 Å². The number of benzene rings is 6. The molecule has 0 saturated heterocycles. The van der Waals surface area contributed by atoms with Crippen LogP contribution in [-0.4, -0.2) is 7.59 Å². The molecule has 0 radical (unpaired) electrons. The second-order valence-electron chi connectivity index (χ2n) is 11.8. The summed E-state index contributed by atoms with van der Waals surface area (Å²) in [4.78, 5) is 0. The number of halogens is 6. The van der Waals surface area contributed by atoms with Crippen molar-refractivity contribution in [2.24, 2.45) is 0 Å². The molecule has 0 aromatic heterocycles. The van der Waals surface area contributed by atoms with Crippen molar-refractivity contribution in [2.75, 3.05) is 0 Å². The number of hydrogen-bond donors (Lipinski definition) is 0. The average Bonchev–Trinajstić information content (AvgIpc) is 3.10. The predicted octanol–water partition coefficient (Wildman–Crippen LogP) is 12.8. The maximum Gasteiger partial charge on any atom is 0.194 e. The van der Waals surface area contributed by atoms with E-state index in [1.54, 1.807) is 0 Å². The van der Waals surface area contributed by atoms with E-state index >= 15 is 0 Å². The van der Waals surface area contributed by atoms with Gasteiger partial charge in [-0.2, -0.15) is 0 Å². The maximum absolute atomic E-state index is 8.19. The van der Waals surface area contributed by atoms with Crippen molar-refractivity contribution in [3.8, 4) is 0 Å². The third kappa shape index (κ3) is 7.85. The molecular formula is C42H32Cl6O. The molecule has 0 bridgehead atoms. The van der Waals surface area contributed by atoms with E-state index in [0.29, 0.717) is 0 Å². The number of hydrogen-bond acceptors (Lipinski definition) is 1. The van der Waals surface area contributed by atoms with Crippen molar-refractivity contribution in [3.05, 3.63) is 214 Å². The van der Waals surface area contributed by atoms with Gasteiger partial charge in [-0.25, -0.2) is 0 Å². The quantitative estimate of drug-likeness (QED) is 0.0997. The van der Waals surface area contributed by atoms with E-state index in [0.717, 1.165) is 44.5 Å². The van der Waals surface area contributed by atoms with Gasteiger partial charge in [-0.15, -0.1) is 0 Å². The summed E-state index contributed by atoms with van der Waals surface area (Å²) in [6.45, 7) is 0. The Morgan fingerprint density at radius 1 is 0.327 bits per heavy atom. The molecule has 0 heterocycles. The SMILES string of the molecule is ClC(Cl)(Cl)Cc1ccccc1C(OC(c1ccccc1)(c1ccccc1)c1ccccc1CC(Cl)(Cl)Cl)(c1ccccc1)c1ccccc1. The molecule has 0 unspecified atom stereocenters. The molecule has 248 valence electrons. The summed E-state index contributed by atoms with van der Waals surface area (Å²) in [7, 11) is 0. The molecule has 0 atom stereocenters. The van der Waals surface area contributed by atoms with Gasteiger partial charge in [0.05, 0.1) is 0 Å². The highest BCUT2D eigenvalue weighted by Crippen LogP contribution is 2.53. The van der Waals surface area contributed by atoms with Gasteiger partial charge in [0.15, 0.2) is 7.59 Å². The normalized spacial score (nSPS) is 12.5. The molecule has 0 N–H and O–H groups in total. The van der Waals surface area contributed by atoms with Gasteiger partial charge in [0, 0.05) is 12.8 Å². The molecule has 6 rings (SSSR count). The van der Waals surface area contributed by atoms with Gasteiger partial charge in [-0.3, -0.25) is 0 Å². The molecule has 0 aliphatic carbocycles. The lowest BCUT2D eigenvalue weighted by atomic mass is 9.73. The van der Waals surface area contributed by atoms with E-state index in [1.807, 2.05) is 109 Å². The molecule has 0 amide bonds. The van der Waals surface area contributed by atoms with Crippen LogP contribution in [0.5, 0.6) is 0 Å². The first-order valence-corrected chi connectivity index (χ1v) is 18.0. The van der Waals surface area contributed by atoms with Gasteiger partial charge >= 0.3 is 0 Å². The van der Waals surface area contributed by atoms with Crippen molar-refractivity contribution in [3.63, 3.8) is 0 Å². The van der Waals surface area contributed by atoms with Crippen LogP contribution in [0, 0.1) is 0 Å². The van der Waals surface area contributed by atoms with Gasteiger partial charge in [-0.1, -0.05) is 239 Å². The van der Waals surface area contributed by atoms with E-state index in [-0.39, 0.29) is 12.8 Å². The Bertz CT molecular complexity index is 1730. The Kier molecular flexibility index (Phi) is 11.0. The fraction of sp³-hybridized carbons (Fsp3) is 0.143. The molecule has 6 aromatic rings. The molecule has 49 heavy (non-hydrogen) atoms. The highest BCUT2D eigenvalue weighted by atomic mass is 35.6.